The third-order valence-electron chi connectivity index (χ3n) is 19.3. The number of aryl methyl sites for hydroxylation is 6. The SMILES string of the molecule is Cc1cc(C)cc(C(=O)N(CC(=O)c2ccc3c(c2)B(OB2c4cc(C(=O)NN(C(=O)c5cc(C)cc(C)c5)C(C)(C)C)ccc4C=NN2c2ccccn2)N(c2ccccn2)N=C3)C(C)(C)C)c1.Cc1cc(C)cc(C(=O)N(NC(=O)c2ccc(C=O)c(B3OC(C)(C)C(C)(C)O3)c2)C(C)(C)C)c1.NCc1ccccn1. The molecule has 0 aliphatic carbocycles. The van der Waals surface area contributed by atoms with Gasteiger partial charge in [0.15, 0.2) is 5.78 Å². The van der Waals surface area contributed by atoms with Gasteiger partial charge >= 0.3 is 21.2 Å². The zero-order valence-corrected chi connectivity index (χ0v) is 67.3. The van der Waals surface area contributed by atoms with Crippen molar-refractivity contribution in [3.8, 4) is 0 Å². The van der Waals surface area contributed by atoms with Crippen LogP contribution >= 0.6 is 0 Å². The molecule has 5 amide bonds. The number of carbonyl (C=O) groups excluding carboxylic acids is 7. The lowest BCUT2D eigenvalue weighted by atomic mass is 9.61. The molecule has 4 N–H and O–H groups in total. The Balaban J connectivity index is 0.000000256. The topological polar surface area (TPSA) is 277 Å². The highest BCUT2D eigenvalue weighted by Gasteiger charge is 2.53. The number of nitrogens with two attached hydrogens (primary N) is 1. The molecule has 576 valence electrons. The first-order chi connectivity index (χ1) is 52.7. The second kappa shape index (κ2) is 34.0. The van der Waals surface area contributed by atoms with Crippen molar-refractivity contribution < 1.29 is 47.4 Å². The number of aldehydes is 1. The van der Waals surface area contributed by atoms with Crippen LogP contribution in [0.3, 0.4) is 0 Å². The Morgan fingerprint density at radius 3 is 1.22 bits per heavy atom. The number of aromatic nitrogens is 3. The van der Waals surface area contributed by atoms with Gasteiger partial charge in [0.05, 0.1) is 46.9 Å². The van der Waals surface area contributed by atoms with Crippen LogP contribution < -0.4 is 42.8 Å². The highest BCUT2D eigenvalue weighted by atomic mass is 16.7. The minimum absolute atomic E-state index is 0.177. The molecule has 26 heteroatoms. The highest BCUT2D eigenvalue weighted by Crippen LogP contribution is 2.37. The van der Waals surface area contributed by atoms with Crippen molar-refractivity contribution in [2.24, 2.45) is 15.9 Å². The third-order valence-corrected chi connectivity index (χ3v) is 19.3. The summed E-state index contributed by atoms with van der Waals surface area (Å²) in [5, 5.41) is 12.4. The number of hydrazine groups is 2. The number of rotatable bonds is 15. The van der Waals surface area contributed by atoms with Crippen LogP contribution in [0.25, 0.3) is 0 Å². The Kier molecular flexibility index (Phi) is 25.1. The van der Waals surface area contributed by atoms with Crippen molar-refractivity contribution in [2.45, 2.75) is 166 Å². The normalized spacial score (nSPS) is 14.0. The Morgan fingerprint density at radius 1 is 0.473 bits per heavy atom. The fourth-order valence-corrected chi connectivity index (χ4v) is 12.9. The molecular weight excluding hydrogens is 1410 g/mol. The molecule has 3 aromatic heterocycles. The van der Waals surface area contributed by atoms with E-state index < -0.39 is 60.9 Å². The summed E-state index contributed by atoms with van der Waals surface area (Å²) in [7, 11) is -2.86. The van der Waals surface area contributed by atoms with Gasteiger partial charge in [-0.25, -0.2) is 20.0 Å². The lowest BCUT2D eigenvalue weighted by molar-refractivity contribution is 0.00578. The Hall–Kier alpha value is -11.6. The van der Waals surface area contributed by atoms with Gasteiger partial charge in [-0.2, -0.15) is 10.2 Å². The van der Waals surface area contributed by atoms with Crippen LogP contribution in [0.2, 0.25) is 0 Å². The number of ketones is 1. The molecule has 112 heavy (non-hydrogen) atoms. The number of nitrogens with one attached hydrogen (secondary N) is 2. The lowest BCUT2D eigenvalue weighted by Gasteiger charge is -2.36. The third kappa shape index (κ3) is 19.6. The van der Waals surface area contributed by atoms with E-state index in [9.17, 15) is 33.6 Å². The average molecular weight is 1510 g/mol. The molecule has 3 aliphatic rings. The van der Waals surface area contributed by atoms with Crippen LogP contribution in [0.15, 0.2) is 193 Å². The standard InChI is InChI=1S/C53H55B2N9O5.C27H35BN2O5.C6H8N2/c1-34-23-35(2)26-42(25-34)50(67)61(52(5,6)7)33-46(65)38-17-19-40-31-58-63(47-15-11-13-21-56-47)54(44(40)29-38)69-55-45-30-39(18-20-41(45)32-59-64(55)48-16-12-14-22-57-48)49(66)60-62(53(8,9)10)51(68)43-27-36(3)24-37(4)28-43;1-17-12-18(2)14-21(13-17)24(33)30(25(3,4)5)29-23(32)19-10-11-20(16-31)22(15-19)28-34-26(6,7)27(8,9)35-28;7-5-6-3-1-2-4-8-6/h11-32H,33H2,1-10H3,(H,60,66);10-16H,1-9H3,(H,29,32);1-4H,5,7H2. The average Bonchev–Trinajstić information content (AvgIpc) is 1.37. The first-order valence-corrected chi connectivity index (χ1v) is 37.1. The molecule has 0 unspecified atom stereocenters. The number of nitrogens with zero attached hydrogens (tertiary/aromatic N) is 10. The summed E-state index contributed by atoms with van der Waals surface area (Å²) in [6, 6.07) is 48.7. The Morgan fingerprint density at radius 2 is 0.857 bits per heavy atom. The number of pyridine rings is 3. The fourth-order valence-electron chi connectivity index (χ4n) is 12.9. The zero-order chi connectivity index (χ0) is 81.5. The van der Waals surface area contributed by atoms with Crippen LogP contribution in [0, 0.1) is 41.5 Å². The van der Waals surface area contributed by atoms with Gasteiger partial charge in [0.2, 0.25) is 0 Å². The van der Waals surface area contributed by atoms with Crippen molar-refractivity contribution in [2.75, 3.05) is 16.4 Å². The molecule has 0 saturated carbocycles. The van der Waals surface area contributed by atoms with E-state index in [1.54, 1.807) is 131 Å². The number of hydrogen-bond donors (Lipinski definition) is 3. The monoisotopic (exact) mass is 1510 g/mol. The van der Waals surface area contributed by atoms with Crippen LogP contribution in [0.1, 0.15) is 213 Å². The van der Waals surface area contributed by atoms with Crippen LogP contribution in [-0.2, 0) is 20.4 Å². The summed E-state index contributed by atoms with van der Waals surface area (Å²) in [5.41, 5.74) is 20.0. The van der Waals surface area contributed by atoms with Gasteiger partial charge in [-0.1, -0.05) is 100 Å². The molecule has 12 rings (SSSR count). The summed E-state index contributed by atoms with van der Waals surface area (Å²) in [5.74, 6) is -1.24. The minimum Gasteiger partial charge on any atom is -0.452 e. The van der Waals surface area contributed by atoms with Crippen molar-refractivity contribution in [1.29, 1.82) is 0 Å². The van der Waals surface area contributed by atoms with Gasteiger partial charge in [0, 0.05) is 69.6 Å². The summed E-state index contributed by atoms with van der Waals surface area (Å²) in [4.78, 5) is 114. The van der Waals surface area contributed by atoms with Crippen LogP contribution in [0.4, 0.5) is 11.6 Å². The quantitative estimate of drug-likeness (QED) is 0.0372. The molecular formula is C86H98B3N13O10. The van der Waals surface area contributed by atoms with E-state index in [1.165, 1.54) is 10.0 Å². The predicted octanol–water partition coefficient (Wildman–Crippen LogP) is 11.8. The smallest absolute Gasteiger partial charge is 0.452 e. The number of benzene rings is 6. The number of hydrazone groups is 2. The number of carbonyl (C=O) groups is 7. The van der Waals surface area contributed by atoms with Crippen LogP contribution in [-0.4, -0.2) is 139 Å². The molecule has 1 saturated heterocycles. The number of fused-ring (bicyclic) bond motifs is 2. The van der Waals surface area contributed by atoms with Gasteiger partial charge in [0.25, 0.3) is 29.5 Å². The first kappa shape index (κ1) is 82.9. The summed E-state index contributed by atoms with van der Waals surface area (Å²) >= 11 is 0. The summed E-state index contributed by atoms with van der Waals surface area (Å²) in [6.07, 6.45) is 9.13. The van der Waals surface area contributed by atoms with E-state index in [4.69, 9.17) is 29.8 Å². The van der Waals surface area contributed by atoms with E-state index in [-0.39, 0.29) is 41.2 Å². The molecule has 1 fully saturated rings. The van der Waals surface area contributed by atoms with Crippen molar-refractivity contribution >= 4 is 103 Å². The Bertz CT molecular complexity index is 4800. The van der Waals surface area contributed by atoms with E-state index in [1.807, 2.05) is 210 Å². The molecule has 23 nitrogen and oxygen atoms in total. The van der Waals surface area contributed by atoms with Gasteiger partial charge < -0.3 is 24.5 Å². The molecule has 0 atom stereocenters. The number of hydrogen-bond acceptors (Lipinski definition) is 18. The largest absolute Gasteiger partial charge is 0.495 e. The van der Waals surface area contributed by atoms with Gasteiger partial charge in [0.1, 0.15) is 17.9 Å². The molecule has 0 bridgehead atoms. The maximum Gasteiger partial charge on any atom is 0.495 e. The zero-order valence-electron chi connectivity index (χ0n) is 67.3. The minimum atomic E-state index is -1.04. The van der Waals surface area contributed by atoms with Gasteiger partial charge in [-0.3, -0.25) is 59.2 Å². The lowest BCUT2D eigenvalue weighted by Crippen LogP contribution is -2.62. The van der Waals surface area contributed by atoms with E-state index >= 15 is 0 Å². The fraction of sp³-hybridized carbons (Fsp3) is 0.302. The highest BCUT2D eigenvalue weighted by molar-refractivity contribution is 6.85. The first-order valence-electron chi connectivity index (χ1n) is 37.1. The van der Waals surface area contributed by atoms with Crippen molar-refractivity contribution in [3.05, 3.63) is 272 Å². The maximum atomic E-state index is 14.5. The molecule has 6 heterocycles. The van der Waals surface area contributed by atoms with E-state index in [2.05, 4.69) is 25.8 Å². The predicted molar refractivity (Wildman–Crippen MR) is 443 cm³/mol. The Labute approximate surface area is 657 Å². The van der Waals surface area contributed by atoms with Gasteiger partial charge in [-0.15, -0.1) is 0 Å². The number of Topliss-reactive ketones (excluding diaryl/α,β-unsaturated/α-hetero) is 1. The maximum absolute atomic E-state index is 14.5. The molecule has 6 aromatic carbocycles. The number of amides is 5. The second-order valence-electron chi connectivity index (χ2n) is 32.3. The van der Waals surface area contributed by atoms with Crippen LogP contribution in [0.5, 0.6) is 0 Å². The van der Waals surface area contributed by atoms with E-state index in [0.29, 0.717) is 79.8 Å². The molecule has 0 spiro atoms. The summed E-state index contributed by atoms with van der Waals surface area (Å²) < 4.78 is 19.5. The molecule has 9 aromatic rings. The summed E-state index contributed by atoms with van der Waals surface area (Å²) in [6.45, 7) is 36.5. The van der Waals surface area contributed by atoms with Crippen molar-refractivity contribution in [1.82, 2.24) is 40.7 Å². The molecule has 3 aliphatic heterocycles. The molecule has 0 radical (unpaired) electrons. The van der Waals surface area contributed by atoms with Crippen molar-refractivity contribution in [3.63, 3.8) is 0 Å². The van der Waals surface area contributed by atoms with E-state index in [0.717, 1.165) is 39.1 Å². The van der Waals surface area contributed by atoms with Gasteiger partial charge in [-0.05, 0) is 256 Å². The second-order valence-corrected chi connectivity index (χ2v) is 32.3. The number of anilines is 2.